The summed E-state index contributed by atoms with van der Waals surface area (Å²) in [6, 6.07) is 13.1. The fourth-order valence-electron chi connectivity index (χ4n) is 2.87. The van der Waals surface area contributed by atoms with Gasteiger partial charge in [-0.2, -0.15) is 0 Å². The van der Waals surface area contributed by atoms with Crippen molar-refractivity contribution in [2.45, 2.75) is 26.2 Å². The van der Waals surface area contributed by atoms with Crippen LogP contribution in [0.15, 0.2) is 69.8 Å². The number of hydrogen-bond donors (Lipinski definition) is 1. The first-order valence-corrected chi connectivity index (χ1v) is 9.54. The maximum absolute atomic E-state index is 13.0. The van der Waals surface area contributed by atoms with E-state index in [0.29, 0.717) is 28.7 Å². The summed E-state index contributed by atoms with van der Waals surface area (Å²) in [6.45, 7) is 4.08. The second-order valence-electron chi connectivity index (χ2n) is 7.18. The molecule has 6 nitrogen and oxygen atoms in total. The second kappa shape index (κ2) is 8.32. The lowest BCUT2D eigenvalue weighted by molar-refractivity contribution is -0.115. The minimum Gasteiger partial charge on any atom is -0.444 e. The summed E-state index contributed by atoms with van der Waals surface area (Å²) < 4.78 is 24.2. The molecule has 152 valence electrons. The Morgan fingerprint density at radius 3 is 2.37 bits per heavy atom. The molecule has 0 atom stereocenters. The standard InChI is InChI=1S/C23H20FN3O3/c1-14(2)20-12-25-22(30-20)15-5-9-18(10-6-15)26-21(28)11-19-13-29-23(27-19)16-3-7-17(24)8-4-16/h3-10,12-14H,11H2,1-2H3,(H,26,28). The number of carbonyl (C=O) groups excluding carboxylic acids is 1. The van der Waals surface area contributed by atoms with E-state index >= 15 is 0 Å². The van der Waals surface area contributed by atoms with Gasteiger partial charge in [0.15, 0.2) is 0 Å². The summed E-state index contributed by atoms with van der Waals surface area (Å²) in [7, 11) is 0. The highest BCUT2D eigenvalue weighted by Crippen LogP contribution is 2.25. The van der Waals surface area contributed by atoms with Crippen molar-refractivity contribution in [3.8, 4) is 22.9 Å². The maximum Gasteiger partial charge on any atom is 0.230 e. The third kappa shape index (κ3) is 4.46. The molecule has 0 bridgehead atoms. The normalized spacial score (nSPS) is 11.1. The Labute approximate surface area is 172 Å². The number of oxazole rings is 2. The molecular weight excluding hydrogens is 385 g/mol. The summed E-state index contributed by atoms with van der Waals surface area (Å²) in [4.78, 5) is 20.9. The van der Waals surface area contributed by atoms with Gasteiger partial charge < -0.3 is 14.2 Å². The maximum atomic E-state index is 13.0. The molecule has 2 aromatic carbocycles. The average molecular weight is 405 g/mol. The highest BCUT2D eigenvalue weighted by molar-refractivity contribution is 5.92. The Morgan fingerprint density at radius 1 is 1.03 bits per heavy atom. The van der Waals surface area contributed by atoms with Crippen LogP contribution < -0.4 is 5.32 Å². The Kier molecular flexibility index (Phi) is 5.43. The van der Waals surface area contributed by atoms with Crippen molar-refractivity contribution in [3.63, 3.8) is 0 Å². The van der Waals surface area contributed by atoms with Crippen molar-refractivity contribution in [2.75, 3.05) is 5.32 Å². The molecule has 4 rings (SSSR count). The summed E-state index contributed by atoms with van der Waals surface area (Å²) >= 11 is 0. The number of carbonyl (C=O) groups is 1. The first-order chi connectivity index (χ1) is 14.5. The van der Waals surface area contributed by atoms with Crippen LogP contribution in [0.2, 0.25) is 0 Å². The Balaban J connectivity index is 1.37. The fraction of sp³-hybridized carbons (Fsp3) is 0.174. The first kappa shape index (κ1) is 19.6. The van der Waals surface area contributed by atoms with Crippen LogP contribution in [0.4, 0.5) is 10.1 Å². The third-order valence-electron chi connectivity index (χ3n) is 4.49. The van der Waals surface area contributed by atoms with Crippen LogP contribution in [0.5, 0.6) is 0 Å². The van der Waals surface area contributed by atoms with Crippen molar-refractivity contribution >= 4 is 11.6 Å². The lowest BCUT2D eigenvalue weighted by Crippen LogP contribution is -2.14. The summed E-state index contributed by atoms with van der Waals surface area (Å²) in [5, 5.41) is 2.83. The fourth-order valence-corrected chi connectivity index (χ4v) is 2.87. The van der Waals surface area contributed by atoms with Crippen LogP contribution >= 0.6 is 0 Å². The number of halogens is 1. The van der Waals surface area contributed by atoms with Gasteiger partial charge in [-0.3, -0.25) is 4.79 Å². The van der Waals surface area contributed by atoms with E-state index in [9.17, 15) is 9.18 Å². The van der Waals surface area contributed by atoms with Gasteiger partial charge in [-0.15, -0.1) is 0 Å². The lowest BCUT2D eigenvalue weighted by Gasteiger charge is -2.04. The predicted molar refractivity (Wildman–Crippen MR) is 110 cm³/mol. The van der Waals surface area contributed by atoms with Gasteiger partial charge >= 0.3 is 0 Å². The van der Waals surface area contributed by atoms with E-state index in [2.05, 4.69) is 15.3 Å². The first-order valence-electron chi connectivity index (χ1n) is 9.54. The van der Waals surface area contributed by atoms with E-state index in [4.69, 9.17) is 8.83 Å². The molecule has 2 heterocycles. The molecule has 0 aliphatic heterocycles. The van der Waals surface area contributed by atoms with Gasteiger partial charge in [0.25, 0.3) is 0 Å². The van der Waals surface area contributed by atoms with E-state index in [-0.39, 0.29) is 24.1 Å². The highest BCUT2D eigenvalue weighted by atomic mass is 19.1. The average Bonchev–Trinajstić information content (AvgIpc) is 3.39. The molecule has 1 amide bonds. The quantitative estimate of drug-likeness (QED) is 0.462. The van der Waals surface area contributed by atoms with Crippen LogP contribution in [0.1, 0.15) is 31.2 Å². The van der Waals surface area contributed by atoms with Crippen LogP contribution in [-0.4, -0.2) is 15.9 Å². The Bertz CT molecular complexity index is 1150. The van der Waals surface area contributed by atoms with Crippen molar-refractivity contribution in [1.29, 1.82) is 0 Å². The third-order valence-corrected chi connectivity index (χ3v) is 4.49. The number of hydrogen-bond acceptors (Lipinski definition) is 5. The van der Waals surface area contributed by atoms with Crippen molar-refractivity contribution in [1.82, 2.24) is 9.97 Å². The van der Waals surface area contributed by atoms with E-state index in [0.717, 1.165) is 11.3 Å². The molecule has 0 aliphatic rings. The number of benzene rings is 2. The minimum absolute atomic E-state index is 0.0595. The number of aromatic nitrogens is 2. The van der Waals surface area contributed by atoms with Gasteiger partial charge in [-0.05, 0) is 48.5 Å². The zero-order valence-corrected chi connectivity index (χ0v) is 16.6. The molecule has 0 unspecified atom stereocenters. The Morgan fingerprint density at radius 2 is 1.70 bits per heavy atom. The van der Waals surface area contributed by atoms with Gasteiger partial charge in [-0.1, -0.05) is 13.8 Å². The van der Waals surface area contributed by atoms with Gasteiger partial charge in [0.1, 0.15) is 17.8 Å². The van der Waals surface area contributed by atoms with Crippen LogP contribution in [0.25, 0.3) is 22.9 Å². The van der Waals surface area contributed by atoms with E-state index in [1.807, 2.05) is 26.0 Å². The number of anilines is 1. The zero-order chi connectivity index (χ0) is 21.1. The summed E-state index contributed by atoms with van der Waals surface area (Å²) in [5.74, 6) is 1.43. The molecule has 0 radical (unpaired) electrons. The van der Waals surface area contributed by atoms with Gasteiger partial charge in [0.05, 0.1) is 18.3 Å². The van der Waals surface area contributed by atoms with Gasteiger partial charge in [-0.25, -0.2) is 14.4 Å². The monoisotopic (exact) mass is 405 g/mol. The van der Waals surface area contributed by atoms with Crippen LogP contribution in [0, 0.1) is 5.82 Å². The minimum atomic E-state index is -0.334. The molecule has 0 fully saturated rings. The molecule has 0 spiro atoms. The molecule has 1 N–H and O–H groups in total. The molecule has 30 heavy (non-hydrogen) atoms. The number of nitrogens with zero attached hydrogens (tertiary/aromatic N) is 2. The van der Waals surface area contributed by atoms with E-state index < -0.39 is 0 Å². The van der Waals surface area contributed by atoms with Crippen molar-refractivity contribution in [2.24, 2.45) is 0 Å². The lowest BCUT2D eigenvalue weighted by atomic mass is 10.2. The van der Waals surface area contributed by atoms with E-state index in [1.54, 1.807) is 30.5 Å². The van der Waals surface area contributed by atoms with Crippen molar-refractivity contribution in [3.05, 3.63) is 78.3 Å². The molecular formula is C23H20FN3O3. The summed E-state index contributed by atoms with van der Waals surface area (Å²) in [5.41, 5.74) is 2.62. The molecule has 0 aliphatic carbocycles. The van der Waals surface area contributed by atoms with Crippen molar-refractivity contribution < 1.29 is 18.0 Å². The van der Waals surface area contributed by atoms with Gasteiger partial charge in [0, 0.05) is 22.7 Å². The number of rotatable bonds is 6. The topological polar surface area (TPSA) is 81.2 Å². The smallest absolute Gasteiger partial charge is 0.230 e. The van der Waals surface area contributed by atoms with Crippen LogP contribution in [-0.2, 0) is 11.2 Å². The Hall–Kier alpha value is -3.74. The summed E-state index contributed by atoms with van der Waals surface area (Å²) in [6.07, 6.45) is 3.22. The predicted octanol–water partition coefficient (Wildman–Crippen LogP) is 5.44. The molecule has 0 saturated heterocycles. The molecule has 4 aromatic rings. The molecule has 0 saturated carbocycles. The van der Waals surface area contributed by atoms with E-state index in [1.165, 1.54) is 18.4 Å². The number of amides is 1. The zero-order valence-electron chi connectivity index (χ0n) is 16.6. The van der Waals surface area contributed by atoms with Crippen LogP contribution in [0.3, 0.4) is 0 Å². The van der Waals surface area contributed by atoms with Gasteiger partial charge in [0.2, 0.25) is 17.7 Å². The number of nitrogens with one attached hydrogen (secondary N) is 1. The molecule has 7 heteroatoms. The second-order valence-corrected chi connectivity index (χ2v) is 7.18. The molecule has 2 aromatic heterocycles. The largest absolute Gasteiger partial charge is 0.444 e. The highest BCUT2D eigenvalue weighted by Gasteiger charge is 2.12. The SMILES string of the molecule is CC(C)c1cnc(-c2ccc(NC(=O)Cc3coc(-c4ccc(F)cc4)n3)cc2)o1.